The molecule has 2 heterocycles. The van der Waals surface area contributed by atoms with Crippen LogP contribution in [0.2, 0.25) is 0 Å². The number of carbonyl (C=O) groups excluding carboxylic acids is 2. The van der Waals surface area contributed by atoms with Crippen LogP contribution in [0.5, 0.6) is 0 Å². The summed E-state index contributed by atoms with van der Waals surface area (Å²) in [5.74, 6) is -4.35. The van der Waals surface area contributed by atoms with Crippen LogP contribution >= 0.6 is 0 Å². The first-order valence-corrected chi connectivity index (χ1v) is 11.8. The zero-order valence-electron chi connectivity index (χ0n) is 20.4. The molecule has 0 spiro atoms. The molecule has 0 aromatic heterocycles. The Morgan fingerprint density at radius 3 is 2.61 bits per heavy atom. The molecule has 0 saturated carbocycles. The summed E-state index contributed by atoms with van der Waals surface area (Å²) in [6.07, 6.45) is 0.159. The molecule has 0 bridgehead atoms. The van der Waals surface area contributed by atoms with Crippen molar-refractivity contribution in [2.45, 2.75) is 56.6 Å². The molecule has 1 aromatic rings. The van der Waals surface area contributed by atoms with E-state index in [4.69, 9.17) is 4.74 Å². The molecule has 0 aliphatic carbocycles. The van der Waals surface area contributed by atoms with E-state index in [-0.39, 0.29) is 38.0 Å². The molecule has 3 N–H and O–H groups in total. The number of ether oxygens (including phenoxy) is 1. The highest BCUT2D eigenvalue weighted by Crippen LogP contribution is 2.33. The van der Waals surface area contributed by atoms with E-state index in [9.17, 15) is 33.7 Å². The Hall–Kier alpha value is -3.01. The largest absolute Gasteiger partial charge is 0.475 e. The number of alkyl halides is 2. The molecular weight excluding hydrogens is 473 g/mol. The van der Waals surface area contributed by atoms with Crippen molar-refractivity contribution < 1.29 is 33.2 Å². The van der Waals surface area contributed by atoms with E-state index in [1.54, 1.807) is 43.0 Å². The first kappa shape index (κ1) is 27.6. The minimum Gasteiger partial charge on any atom is -0.444 e. The van der Waals surface area contributed by atoms with Gasteiger partial charge >= 0.3 is 13.2 Å². The molecule has 2 amide bonds. The van der Waals surface area contributed by atoms with Gasteiger partial charge in [0.1, 0.15) is 17.7 Å². The van der Waals surface area contributed by atoms with Crippen molar-refractivity contribution in [3.05, 3.63) is 47.5 Å². The summed E-state index contributed by atoms with van der Waals surface area (Å²) >= 11 is 0. The number of nitriles is 1. The van der Waals surface area contributed by atoms with Gasteiger partial charge in [-0.15, -0.1) is 0 Å². The Morgan fingerprint density at radius 1 is 1.33 bits per heavy atom. The van der Waals surface area contributed by atoms with Crippen molar-refractivity contribution in [3.8, 4) is 6.07 Å². The van der Waals surface area contributed by atoms with E-state index in [0.29, 0.717) is 6.42 Å². The number of alkyl carbamates (subject to hydrolysis) is 1. The van der Waals surface area contributed by atoms with Crippen molar-refractivity contribution in [3.63, 3.8) is 0 Å². The molecule has 9 nitrogen and oxygen atoms in total. The zero-order chi connectivity index (χ0) is 26.5. The SMILES string of the molecule is CC(C)(C=C(C#N)C(=O)N1CCC(OC(=O)N[C@@H](Cc2ccccc2)B(O)O)C1)N1CCC(F)(F)C1. The summed E-state index contributed by atoms with van der Waals surface area (Å²) < 4.78 is 32.7. The van der Waals surface area contributed by atoms with Gasteiger partial charge in [0.2, 0.25) is 0 Å². The molecule has 2 fully saturated rings. The van der Waals surface area contributed by atoms with Crippen LogP contribution in [0.3, 0.4) is 0 Å². The number of hydrogen-bond donors (Lipinski definition) is 3. The summed E-state index contributed by atoms with van der Waals surface area (Å²) in [4.78, 5) is 28.2. The Bertz CT molecular complexity index is 1020. The molecule has 1 unspecified atom stereocenters. The van der Waals surface area contributed by atoms with Gasteiger partial charge < -0.3 is 25.0 Å². The van der Waals surface area contributed by atoms with Crippen molar-refractivity contribution in [2.24, 2.45) is 0 Å². The maximum atomic E-state index is 13.7. The Morgan fingerprint density at radius 2 is 2.03 bits per heavy atom. The van der Waals surface area contributed by atoms with E-state index < -0.39 is 49.2 Å². The number of rotatable bonds is 8. The third-order valence-electron chi connectivity index (χ3n) is 6.50. The summed E-state index contributed by atoms with van der Waals surface area (Å²) in [5, 5.41) is 31.3. The van der Waals surface area contributed by atoms with Crippen molar-refractivity contribution >= 4 is 19.1 Å². The summed E-state index contributed by atoms with van der Waals surface area (Å²) in [6, 6.07) is 10.9. The molecule has 0 radical (unpaired) electrons. The lowest BCUT2D eigenvalue weighted by Gasteiger charge is -2.33. The lowest BCUT2D eigenvalue weighted by molar-refractivity contribution is -0.126. The Balaban J connectivity index is 1.56. The van der Waals surface area contributed by atoms with Crippen LogP contribution in [-0.4, -0.2) is 88.7 Å². The highest BCUT2D eigenvalue weighted by atomic mass is 19.3. The molecule has 36 heavy (non-hydrogen) atoms. The standard InChI is InChI=1S/C24H31BF2N4O5/c1-23(2,31-11-9-24(26,27)16-31)13-18(14-28)21(32)30-10-8-19(15-30)36-22(33)29-20(25(34)35)12-17-6-4-3-5-7-17/h3-7,13,19-20,34-35H,8-12,15-16H2,1-2H3,(H,29,33)/t19?,20-/m0/s1. The summed E-state index contributed by atoms with van der Waals surface area (Å²) in [7, 11) is -1.80. The van der Waals surface area contributed by atoms with Gasteiger partial charge in [-0.25, -0.2) is 13.6 Å². The van der Waals surface area contributed by atoms with E-state index in [2.05, 4.69) is 5.32 Å². The molecule has 12 heteroatoms. The summed E-state index contributed by atoms with van der Waals surface area (Å²) in [5.41, 5.74) is -0.286. The Labute approximate surface area is 209 Å². The Kier molecular flexibility index (Phi) is 8.71. The van der Waals surface area contributed by atoms with Gasteiger partial charge in [0.05, 0.1) is 19.0 Å². The highest BCUT2D eigenvalue weighted by Gasteiger charge is 2.43. The lowest BCUT2D eigenvalue weighted by atomic mass is 9.76. The number of nitrogens with zero attached hydrogens (tertiary/aromatic N) is 3. The van der Waals surface area contributed by atoms with Crippen molar-refractivity contribution in [2.75, 3.05) is 26.2 Å². The van der Waals surface area contributed by atoms with Gasteiger partial charge in [-0.05, 0) is 31.9 Å². The monoisotopic (exact) mass is 504 g/mol. The van der Waals surface area contributed by atoms with Gasteiger partial charge in [0, 0.05) is 31.5 Å². The molecule has 1 aromatic carbocycles. The fourth-order valence-electron chi connectivity index (χ4n) is 4.43. The fraction of sp³-hybridized carbons (Fsp3) is 0.542. The zero-order valence-corrected chi connectivity index (χ0v) is 20.4. The molecular formula is C24H31BF2N4O5. The van der Waals surface area contributed by atoms with E-state index in [1.165, 1.54) is 11.0 Å². The highest BCUT2D eigenvalue weighted by molar-refractivity contribution is 6.43. The first-order valence-electron chi connectivity index (χ1n) is 11.8. The average molecular weight is 504 g/mol. The summed E-state index contributed by atoms with van der Waals surface area (Å²) in [6.45, 7) is 3.38. The second-order valence-electron chi connectivity index (χ2n) is 9.77. The van der Waals surface area contributed by atoms with Crippen molar-refractivity contribution in [1.82, 2.24) is 15.1 Å². The minimum absolute atomic E-state index is 0.0541. The topological polar surface area (TPSA) is 126 Å². The van der Waals surface area contributed by atoms with Crippen LogP contribution in [0.1, 0.15) is 32.3 Å². The number of carbonyl (C=O) groups is 2. The van der Waals surface area contributed by atoms with Crippen LogP contribution in [-0.2, 0) is 16.0 Å². The number of amides is 2. The quantitative estimate of drug-likeness (QED) is 0.278. The molecule has 2 aliphatic heterocycles. The number of hydrogen-bond acceptors (Lipinski definition) is 7. The molecule has 2 aliphatic rings. The van der Waals surface area contributed by atoms with Crippen LogP contribution in [0.25, 0.3) is 0 Å². The molecule has 3 rings (SSSR count). The molecule has 2 atom stereocenters. The second kappa shape index (κ2) is 11.4. The van der Waals surface area contributed by atoms with Crippen LogP contribution in [0.4, 0.5) is 13.6 Å². The lowest BCUT2D eigenvalue weighted by Crippen LogP contribution is -2.48. The smallest absolute Gasteiger partial charge is 0.444 e. The minimum atomic E-state index is -2.80. The van der Waals surface area contributed by atoms with E-state index in [1.807, 2.05) is 12.1 Å². The van der Waals surface area contributed by atoms with Gasteiger partial charge in [-0.1, -0.05) is 30.3 Å². The van der Waals surface area contributed by atoms with Crippen molar-refractivity contribution in [1.29, 1.82) is 5.26 Å². The van der Waals surface area contributed by atoms with Gasteiger partial charge in [0.25, 0.3) is 11.8 Å². The number of benzene rings is 1. The maximum absolute atomic E-state index is 13.7. The van der Waals surface area contributed by atoms with Gasteiger partial charge in [-0.3, -0.25) is 9.69 Å². The van der Waals surface area contributed by atoms with Gasteiger partial charge in [-0.2, -0.15) is 5.26 Å². The molecule has 194 valence electrons. The third kappa shape index (κ3) is 7.26. The number of likely N-dealkylation sites (tertiary alicyclic amines) is 2. The maximum Gasteiger partial charge on any atom is 0.475 e. The average Bonchev–Trinajstić information content (AvgIpc) is 3.43. The van der Waals surface area contributed by atoms with Gasteiger partial charge in [0.15, 0.2) is 0 Å². The van der Waals surface area contributed by atoms with E-state index >= 15 is 0 Å². The van der Waals surface area contributed by atoms with E-state index in [0.717, 1.165) is 5.56 Å². The van der Waals surface area contributed by atoms with Crippen LogP contribution in [0, 0.1) is 11.3 Å². The number of nitrogens with one attached hydrogen (secondary N) is 1. The fourth-order valence-corrected chi connectivity index (χ4v) is 4.43. The second-order valence-corrected chi connectivity index (χ2v) is 9.77. The first-order chi connectivity index (χ1) is 16.9. The number of halogens is 2. The van der Waals surface area contributed by atoms with Crippen LogP contribution in [0.15, 0.2) is 42.0 Å². The predicted octanol–water partition coefficient (Wildman–Crippen LogP) is 1.51. The predicted molar refractivity (Wildman–Crippen MR) is 128 cm³/mol. The molecule has 2 saturated heterocycles. The normalized spacial score (nSPS) is 21.1. The third-order valence-corrected chi connectivity index (χ3v) is 6.50. The van der Waals surface area contributed by atoms with Crippen LogP contribution < -0.4 is 5.32 Å².